The van der Waals surface area contributed by atoms with Crippen LogP contribution < -0.4 is 5.32 Å². The number of alkyl halides is 3. The van der Waals surface area contributed by atoms with Gasteiger partial charge < -0.3 is 20.1 Å². The molecule has 31 heavy (non-hydrogen) atoms. The van der Waals surface area contributed by atoms with Crippen molar-refractivity contribution >= 4 is 17.8 Å². The number of amides is 2. The fraction of sp³-hybridized carbons (Fsp3) is 0.571. The van der Waals surface area contributed by atoms with Gasteiger partial charge in [0.2, 0.25) is 11.8 Å². The Morgan fingerprint density at radius 1 is 1.23 bits per heavy atom. The molecule has 0 aromatic heterocycles. The third-order valence-corrected chi connectivity index (χ3v) is 6.15. The number of nitrogens with one attached hydrogen (secondary N) is 1. The first-order valence-electron chi connectivity index (χ1n) is 10.1. The molecular formula is C21H25F3N2O5. The highest BCUT2D eigenvalue weighted by Crippen LogP contribution is 2.46. The maximum atomic E-state index is 12.8. The first-order chi connectivity index (χ1) is 14.6. The number of likely N-dealkylation sites (tertiary alicyclic amines) is 1. The molecule has 2 fully saturated rings. The van der Waals surface area contributed by atoms with E-state index in [1.807, 2.05) is 0 Å². The number of hydrogen-bond donors (Lipinski definition) is 2. The Morgan fingerprint density at radius 3 is 2.52 bits per heavy atom. The highest BCUT2D eigenvalue weighted by molar-refractivity contribution is 5.80. The van der Waals surface area contributed by atoms with Gasteiger partial charge in [-0.15, -0.1) is 0 Å². The lowest BCUT2D eigenvalue weighted by Gasteiger charge is -2.25. The molecule has 0 radical (unpaired) electrons. The van der Waals surface area contributed by atoms with Gasteiger partial charge in [-0.3, -0.25) is 9.59 Å². The molecule has 1 heterocycles. The van der Waals surface area contributed by atoms with Crippen LogP contribution in [0.4, 0.5) is 13.2 Å². The molecular weight excluding hydrogens is 417 g/mol. The van der Waals surface area contributed by atoms with E-state index in [0.29, 0.717) is 18.5 Å². The van der Waals surface area contributed by atoms with E-state index in [0.717, 1.165) is 18.6 Å². The van der Waals surface area contributed by atoms with Crippen molar-refractivity contribution in [1.29, 1.82) is 0 Å². The summed E-state index contributed by atoms with van der Waals surface area (Å²) >= 11 is 0. The van der Waals surface area contributed by atoms with Gasteiger partial charge in [0.05, 0.1) is 5.56 Å². The number of fused-ring (bicyclic) bond motifs is 1. The number of carboxylic acid groups (broad SMARTS) is 1. The molecule has 2 N–H and O–H groups in total. The first kappa shape index (κ1) is 23.1. The van der Waals surface area contributed by atoms with Crippen molar-refractivity contribution in [2.75, 3.05) is 19.8 Å². The molecule has 0 unspecified atom stereocenters. The average Bonchev–Trinajstić information content (AvgIpc) is 3.13. The van der Waals surface area contributed by atoms with Crippen LogP contribution in [-0.2, 0) is 31.8 Å². The third kappa shape index (κ3) is 5.55. The number of ether oxygens (including phenoxy) is 1. The van der Waals surface area contributed by atoms with Gasteiger partial charge in [0.1, 0.15) is 13.2 Å². The van der Waals surface area contributed by atoms with E-state index in [4.69, 9.17) is 9.84 Å². The minimum atomic E-state index is -4.40. The monoisotopic (exact) mass is 442 g/mol. The normalized spacial score (nSPS) is 25.5. The Morgan fingerprint density at radius 2 is 1.90 bits per heavy atom. The zero-order valence-electron chi connectivity index (χ0n) is 17.0. The van der Waals surface area contributed by atoms with Crippen molar-refractivity contribution < 1.29 is 37.4 Å². The molecule has 3 rings (SSSR count). The summed E-state index contributed by atoms with van der Waals surface area (Å²) < 4.78 is 43.0. The van der Waals surface area contributed by atoms with Crippen LogP contribution in [0.2, 0.25) is 0 Å². The molecule has 4 atom stereocenters. The Bertz CT molecular complexity index is 827. The maximum Gasteiger partial charge on any atom is 0.416 e. The van der Waals surface area contributed by atoms with E-state index in [9.17, 15) is 27.6 Å². The number of nitrogens with zero attached hydrogens (tertiary/aromatic N) is 1. The van der Waals surface area contributed by atoms with Gasteiger partial charge in [-0.2, -0.15) is 13.2 Å². The zero-order chi connectivity index (χ0) is 22.8. The molecule has 0 bridgehead atoms. The Labute approximate surface area is 177 Å². The molecule has 1 aromatic rings. The van der Waals surface area contributed by atoms with Crippen LogP contribution in [0.15, 0.2) is 24.3 Å². The topological polar surface area (TPSA) is 95.9 Å². The van der Waals surface area contributed by atoms with E-state index < -0.39 is 30.2 Å². The van der Waals surface area contributed by atoms with Gasteiger partial charge in [0.15, 0.2) is 0 Å². The van der Waals surface area contributed by atoms with E-state index in [1.54, 1.807) is 4.90 Å². The highest BCUT2D eigenvalue weighted by atomic mass is 19.4. The number of carboxylic acids is 1. The van der Waals surface area contributed by atoms with E-state index in [2.05, 4.69) is 12.2 Å². The van der Waals surface area contributed by atoms with E-state index in [-0.39, 0.29) is 42.9 Å². The van der Waals surface area contributed by atoms with E-state index in [1.165, 1.54) is 12.1 Å². The molecule has 1 aliphatic carbocycles. The van der Waals surface area contributed by atoms with Crippen LogP contribution >= 0.6 is 0 Å². The molecule has 1 saturated heterocycles. The summed E-state index contributed by atoms with van der Waals surface area (Å²) in [5.41, 5.74) is -0.0820. The number of carbonyl (C=O) groups is 3. The zero-order valence-corrected chi connectivity index (χ0v) is 17.0. The first-order valence-corrected chi connectivity index (χ1v) is 10.1. The van der Waals surface area contributed by atoms with Gasteiger partial charge in [0, 0.05) is 25.6 Å². The number of rotatable bonds is 8. The second-order valence-electron chi connectivity index (χ2n) is 8.22. The number of aliphatic carboxylic acids is 1. The Hall–Kier alpha value is -2.62. The molecule has 2 amide bonds. The SMILES string of the molecule is C[C@H]1C[C@@H]2[C@@H](CC(=O)N2Cc2ccc(C(F)(F)F)cc2)[C@@H]1CNC(=O)COCC(=O)O. The van der Waals surface area contributed by atoms with Gasteiger partial charge in [-0.25, -0.2) is 4.79 Å². The second kappa shape index (κ2) is 9.25. The average molecular weight is 442 g/mol. The number of carbonyl (C=O) groups excluding carboxylic acids is 2. The van der Waals surface area contributed by atoms with Crippen molar-refractivity contribution in [3.05, 3.63) is 35.4 Å². The fourth-order valence-electron chi connectivity index (χ4n) is 4.66. The highest BCUT2D eigenvalue weighted by Gasteiger charge is 2.50. The van der Waals surface area contributed by atoms with Crippen LogP contribution in [-0.4, -0.2) is 53.6 Å². The van der Waals surface area contributed by atoms with Crippen LogP contribution in [0.1, 0.15) is 30.9 Å². The lowest BCUT2D eigenvalue weighted by Crippen LogP contribution is -2.36. The maximum absolute atomic E-state index is 12.8. The number of benzene rings is 1. The van der Waals surface area contributed by atoms with Crippen molar-refractivity contribution in [3.63, 3.8) is 0 Å². The minimum Gasteiger partial charge on any atom is -0.480 e. The third-order valence-electron chi connectivity index (χ3n) is 6.15. The molecule has 0 spiro atoms. The molecule has 2 aliphatic rings. The van der Waals surface area contributed by atoms with Crippen LogP contribution in [0.3, 0.4) is 0 Å². The lowest BCUT2D eigenvalue weighted by molar-refractivity contribution is -0.143. The smallest absolute Gasteiger partial charge is 0.416 e. The summed E-state index contributed by atoms with van der Waals surface area (Å²) in [6, 6.07) is 4.83. The summed E-state index contributed by atoms with van der Waals surface area (Å²) in [6.07, 6.45) is -3.30. The molecule has 7 nitrogen and oxygen atoms in total. The van der Waals surface area contributed by atoms with Gasteiger partial charge >= 0.3 is 12.1 Å². The van der Waals surface area contributed by atoms with Crippen molar-refractivity contribution in [1.82, 2.24) is 10.2 Å². The molecule has 1 aromatic carbocycles. The molecule has 170 valence electrons. The largest absolute Gasteiger partial charge is 0.480 e. The molecule has 1 saturated carbocycles. The summed E-state index contributed by atoms with van der Waals surface area (Å²) in [5, 5.41) is 11.3. The summed E-state index contributed by atoms with van der Waals surface area (Å²) in [4.78, 5) is 36.6. The predicted octanol–water partition coefficient (Wildman–Crippen LogP) is 2.30. The second-order valence-corrected chi connectivity index (χ2v) is 8.22. The number of halogens is 3. The Balaban J connectivity index is 1.57. The minimum absolute atomic E-state index is 0.0186. The van der Waals surface area contributed by atoms with E-state index >= 15 is 0 Å². The Kier molecular flexibility index (Phi) is 6.88. The van der Waals surface area contributed by atoms with Gasteiger partial charge in [-0.1, -0.05) is 19.1 Å². The van der Waals surface area contributed by atoms with Crippen molar-refractivity contribution in [2.24, 2.45) is 17.8 Å². The van der Waals surface area contributed by atoms with Crippen LogP contribution in [0.25, 0.3) is 0 Å². The summed E-state index contributed by atoms with van der Waals surface area (Å²) in [5.74, 6) is -1.23. The predicted molar refractivity (Wildman–Crippen MR) is 103 cm³/mol. The molecule has 10 heteroatoms. The standard InChI is InChI=1S/C21H25F3N2O5/c1-12-6-17-15(16(12)8-25-18(27)10-31-11-20(29)30)7-19(28)26(17)9-13-2-4-14(5-3-13)21(22,23)24/h2-5,12,15-17H,6-11H2,1H3,(H,25,27)(H,29,30)/t12-,15-,16+,17+/m0/s1. The lowest BCUT2D eigenvalue weighted by atomic mass is 9.88. The van der Waals surface area contributed by atoms with Crippen LogP contribution in [0, 0.1) is 17.8 Å². The van der Waals surface area contributed by atoms with Crippen molar-refractivity contribution in [3.8, 4) is 0 Å². The fourth-order valence-corrected chi connectivity index (χ4v) is 4.66. The van der Waals surface area contributed by atoms with Crippen molar-refractivity contribution in [2.45, 2.75) is 38.5 Å². The summed E-state index contributed by atoms with van der Waals surface area (Å²) in [7, 11) is 0. The summed E-state index contributed by atoms with van der Waals surface area (Å²) in [6.45, 7) is 1.77. The van der Waals surface area contributed by atoms with Gasteiger partial charge in [-0.05, 0) is 41.9 Å². The quantitative estimate of drug-likeness (QED) is 0.644. The van der Waals surface area contributed by atoms with Crippen LogP contribution in [0.5, 0.6) is 0 Å². The molecule has 1 aliphatic heterocycles. The van der Waals surface area contributed by atoms with Gasteiger partial charge in [0.25, 0.3) is 0 Å². The number of hydrogen-bond acceptors (Lipinski definition) is 4.